The third-order valence-electron chi connectivity index (χ3n) is 6.26. The second kappa shape index (κ2) is 9.35. The Bertz CT molecular complexity index is 1410. The number of para-hydroxylation sites is 2. The number of aromatic nitrogens is 3. The number of ketones is 1. The maximum atomic E-state index is 13.1. The quantitative estimate of drug-likeness (QED) is 0.173. The predicted octanol–water partition coefficient (Wildman–Crippen LogP) is 4.49. The zero-order valence-electron chi connectivity index (χ0n) is 19.2. The number of aromatic amines is 2. The molecular weight excluding hydrogens is 462 g/mol. The summed E-state index contributed by atoms with van der Waals surface area (Å²) < 4.78 is 0. The molecule has 178 valence electrons. The van der Waals surface area contributed by atoms with Gasteiger partial charge in [0.1, 0.15) is 6.61 Å². The van der Waals surface area contributed by atoms with E-state index in [2.05, 4.69) is 38.8 Å². The Morgan fingerprint density at radius 2 is 2.03 bits per heavy atom. The van der Waals surface area contributed by atoms with Crippen molar-refractivity contribution in [2.75, 3.05) is 25.0 Å². The van der Waals surface area contributed by atoms with Crippen molar-refractivity contribution in [3.63, 3.8) is 0 Å². The average Bonchev–Trinajstić information content (AvgIpc) is 3.46. The van der Waals surface area contributed by atoms with Gasteiger partial charge in [-0.3, -0.25) is 4.79 Å². The molecule has 2 aromatic heterocycles. The number of rotatable bonds is 7. The van der Waals surface area contributed by atoms with Gasteiger partial charge in [0, 0.05) is 40.4 Å². The van der Waals surface area contributed by atoms with Crippen LogP contribution in [0.2, 0.25) is 0 Å². The van der Waals surface area contributed by atoms with Crippen molar-refractivity contribution in [2.24, 2.45) is 0 Å². The zero-order chi connectivity index (χ0) is 23.8. The molecule has 9 heteroatoms. The van der Waals surface area contributed by atoms with Gasteiger partial charge in [0.15, 0.2) is 10.9 Å². The number of anilines is 1. The largest absolute Gasteiger partial charge is 0.361 e. The van der Waals surface area contributed by atoms with Crippen LogP contribution in [-0.4, -0.2) is 40.4 Å². The van der Waals surface area contributed by atoms with E-state index >= 15 is 0 Å². The number of carbonyl (C=O) groups excluding carboxylic acids is 1. The van der Waals surface area contributed by atoms with Crippen LogP contribution in [0.25, 0.3) is 11.0 Å². The van der Waals surface area contributed by atoms with Crippen molar-refractivity contribution in [1.29, 1.82) is 0 Å². The Hall–Kier alpha value is -3.37. The van der Waals surface area contributed by atoms with E-state index in [-0.39, 0.29) is 18.3 Å². The highest BCUT2D eigenvalue weighted by atomic mass is 32.2. The summed E-state index contributed by atoms with van der Waals surface area (Å²) in [4.78, 5) is 35.9. The summed E-state index contributed by atoms with van der Waals surface area (Å²) in [7, 11) is 0. The highest BCUT2D eigenvalue weighted by Gasteiger charge is 2.36. The first-order chi connectivity index (χ1) is 17.2. The minimum absolute atomic E-state index is 0.109. The molecule has 0 spiro atoms. The predicted molar refractivity (Wildman–Crippen MR) is 134 cm³/mol. The maximum absolute atomic E-state index is 13.1. The first-order valence-corrected chi connectivity index (χ1v) is 12.4. The number of nitrogens with one attached hydrogen (secondary N) is 4. The number of benzene rings is 2. The van der Waals surface area contributed by atoms with E-state index in [0.29, 0.717) is 19.7 Å². The van der Waals surface area contributed by atoms with Crippen molar-refractivity contribution >= 4 is 34.3 Å². The van der Waals surface area contributed by atoms with Crippen LogP contribution in [0.5, 0.6) is 0 Å². The fraction of sp³-hybridized carbons (Fsp3) is 0.231. The number of imidazole rings is 1. The van der Waals surface area contributed by atoms with Crippen LogP contribution in [0.1, 0.15) is 29.7 Å². The van der Waals surface area contributed by atoms with Crippen LogP contribution in [0.3, 0.4) is 0 Å². The highest BCUT2D eigenvalue weighted by Crippen LogP contribution is 2.45. The average molecular weight is 488 g/mol. The Morgan fingerprint density at radius 1 is 1.11 bits per heavy atom. The van der Waals surface area contributed by atoms with Gasteiger partial charge in [-0.25, -0.2) is 14.8 Å². The van der Waals surface area contributed by atoms with E-state index in [1.165, 1.54) is 0 Å². The first-order valence-electron chi connectivity index (χ1n) is 11.6. The third kappa shape index (κ3) is 4.17. The topological polar surface area (TPSA) is 104 Å². The fourth-order valence-electron chi connectivity index (χ4n) is 4.76. The Morgan fingerprint density at radius 3 is 2.91 bits per heavy atom. The van der Waals surface area contributed by atoms with Gasteiger partial charge in [-0.1, -0.05) is 36.0 Å². The minimum Gasteiger partial charge on any atom is -0.361 e. The van der Waals surface area contributed by atoms with Gasteiger partial charge in [-0.05, 0) is 36.8 Å². The zero-order valence-corrected chi connectivity index (χ0v) is 20.0. The van der Waals surface area contributed by atoms with Crippen LogP contribution in [0.15, 0.2) is 76.0 Å². The number of Topliss-reactive ketones (excluding diaryl/α,β-unsaturated/α-hetero) is 1. The van der Waals surface area contributed by atoms with Crippen molar-refractivity contribution in [3.05, 3.63) is 82.8 Å². The van der Waals surface area contributed by atoms with Crippen LogP contribution in [-0.2, 0) is 21.2 Å². The van der Waals surface area contributed by atoms with Crippen molar-refractivity contribution in [1.82, 2.24) is 20.3 Å². The molecule has 6 rings (SSSR count). The summed E-state index contributed by atoms with van der Waals surface area (Å²) in [5, 5.41) is 7.53. The summed E-state index contributed by atoms with van der Waals surface area (Å²) in [5.41, 5.74) is 7.60. The van der Waals surface area contributed by atoms with Gasteiger partial charge in [0.2, 0.25) is 0 Å². The summed E-state index contributed by atoms with van der Waals surface area (Å²) in [6.07, 6.45) is 1.97. The van der Waals surface area contributed by atoms with Crippen LogP contribution < -0.4 is 10.6 Å². The summed E-state index contributed by atoms with van der Waals surface area (Å²) in [6, 6.07) is 16.4. The molecule has 2 aliphatic rings. The lowest BCUT2D eigenvalue weighted by molar-refractivity contribution is -0.301. The lowest BCUT2D eigenvalue weighted by Gasteiger charge is -2.33. The smallest absolute Gasteiger partial charge is 0.175 e. The van der Waals surface area contributed by atoms with Gasteiger partial charge < -0.3 is 20.6 Å². The Kier molecular flexibility index (Phi) is 5.91. The minimum atomic E-state index is -0.177. The van der Waals surface area contributed by atoms with Crippen LogP contribution in [0, 0.1) is 0 Å². The molecule has 0 saturated heterocycles. The van der Waals surface area contributed by atoms with E-state index < -0.39 is 0 Å². The first kappa shape index (κ1) is 22.1. The molecule has 2 aliphatic heterocycles. The van der Waals surface area contributed by atoms with Gasteiger partial charge in [0.05, 0.1) is 35.6 Å². The lowest BCUT2D eigenvalue weighted by atomic mass is 9.79. The number of hydrogen-bond donors (Lipinski definition) is 4. The molecule has 8 nitrogen and oxygen atoms in total. The summed E-state index contributed by atoms with van der Waals surface area (Å²) in [5.74, 6) is -0.0674. The molecule has 4 heterocycles. The second-order valence-corrected chi connectivity index (χ2v) is 9.54. The monoisotopic (exact) mass is 487 g/mol. The van der Waals surface area contributed by atoms with Gasteiger partial charge in [-0.2, -0.15) is 0 Å². The standard InChI is InChI=1S/C26H25N5O3S/c1-2-33-34-14-21-25-17(11-28-21)23(24-20(29-25)12-27-13-22(24)32)15-6-5-7-16(10-15)35-26-30-18-8-3-4-9-19(18)31-26/h3-11,23,27-29H,2,12-14H2,1H3,(H,30,31). The second-order valence-electron chi connectivity index (χ2n) is 8.48. The highest BCUT2D eigenvalue weighted by molar-refractivity contribution is 7.99. The van der Waals surface area contributed by atoms with Gasteiger partial charge in [0.25, 0.3) is 0 Å². The molecular formula is C26H25N5O3S. The third-order valence-corrected chi connectivity index (χ3v) is 7.14. The molecule has 1 atom stereocenters. The van der Waals surface area contributed by atoms with Crippen molar-refractivity contribution < 1.29 is 14.6 Å². The molecule has 2 aromatic carbocycles. The molecule has 0 bridgehead atoms. The van der Waals surface area contributed by atoms with Crippen LogP contribution in [0.4, 0.5) is 5.69 Å². The van der Waals surface area contributed by atoms with E-state index in [0.717, 1.165) is 54.9 Å². The number of nitrogens with zero attached hydrogens (tertiary/aromatic N) is 1. The molecule has 1 unspecified atom stereocenters. The number of fused-ring (bicyclic) bond motifs is 2. The molecule has 4 N–H and O–H groups in total. The lowest BCUT2D eigenvalue weighted by Crippen LogP contribution is -2.39. The summed E-state index contributed by atoms with van der Waals surface area (Å²) >= 11 is 1.58. The molecule has 0 aliphatic carbocycles. The molecule has 4 aromatic rings. The van der Waals surface area contributed by atoms with E-state index in [1.807, 2.05) is 43.5 Å². The Balaban J connectivity index is 1.37. The molecule has 0 radical (unpaired) electrons. The number of carbonyl (C=O) groups is 1. The Labute approximate surface area is 206 Å². The summed E-state index contributed by atoms with van der Waals surface area (Å²) in [6.45, 7) is 3.59. The fourth-order valence-corrected chi connectivity index (χ4v) is 5.63. The molecule has 0 amide bonds. The van der Waals surface area contributed by atoms with Gasteiger partial charge in [-0.15, -0.1) is 0 Å². The van der Waals surface area contributed by atoms with E-state index in [4.69, 9.17) is 14.8 Å². The van der Waals surface area contributed by atoms with Crippen molar-refractivity contribution in [2.45, 2.75) is 29.5 Å². The van der Waals surface area contributed by atoms with E-state index in [1.54, 1.807) is 11.8 Å². The number of H-pyrrole nitrogens is 2. The van der Waals surface area contributed by atoms with Gasteiger partial charge >= 0.3 is 0 Å². The number of hydrogen-bond acceptors (Lipinski definition) is 7. The molecule has 0 fully saturated rings. The van der Waals surface area contributed by atoms with Crippen molar-refractivity contribution in [3.8, 4) is 0 Å². The SMILES string of the molecule is CCOOCc1[nH]cc2c1NC1=C(C(=O)CNC1)C2c1cccc(Sc2nc3ccccc3[nH]2)c1. The molecule has 0 saturated carbocycles. The van der Waals surface area contributed by atoms with E-state index in [9.17, 15) is 4.79 Å². The molecule has 35 heavy (non-hydrogen) atoms. The normalized spacial score (nSPS) is 17.4. The van der Waals surface area contributed by atoms with Crippen LogP contribution >= 0.6 is 11.8 Å². The maximum Gasteiger partial charge on any atom is 0.175 e.